The number of nitrogens with zero attached hydrogens (tertiary/aromatic N) is 1. The normalized spacial score (nSPS) is 17.4. The summed E-state index contributed by atoms with van der Waals surface area (Å²) in [5.41, 5.74) is 2.69. The Morgan fingerprint density at radius 2 is 1.76 bits per heavy atom. The highest BCUT2D eigenvalue weighted by atomic mass is 32.2. The Labute approximate surface area is 194 Å². The quantitative estimate of drug-likeness (QED) is 0.618. The lowest BCUT2D eigenvalue weighted by Gasteiger charge is -2.25. The third kappa shape index (κ3) is 5.20. The number of methoxy groups -OCH3 is 1. The van der Waals surface area contributed by atoms with E-state index in [1.54, 1.807) is 38.1 Å². The first-order valence-corrected chi connectivity index (χ1v) is 12.2. The molecule has 0 aliphatic carbocycles. The van der Waals surface area contributed by atoms with Crippen LogP contribution in [0.5, 0.6) is 5.75 Å². The largest absolute Gasteiger partial charge is 0.495 e. The number of carbonyl (C=O) groups excluding carboxylic acids is 2. The fourth-order valence-corrected chi connectivity index (χ4v) is 6.30. The first kappa shape index (κ1) is 24.7. The summed E-state index contributed by atoms with van der Waals surface area (Å²) in [6, 6.07) is 9.53. The number of rotatable bonds is 7. The average Bonchev–Trinajstić information content (AvgIpc) is 3.24. The Morgan fingerprint density at radius 1 is 1.12 bits per heavy atom. The standard InChI is InChI=1S/C24H30N2O6S/c1-15-13-16(2)22(17(3)14-15)33(29,30)26-12-8-10-20(26)24(28)32-18(4)23(27)25-19-9-6-7-11-21(19)31-5/h6-7,9,11,13-14,18,20H,8,10,12H2,1-5H3,(H,25,27). The van der Waals surface area contributed by atoms with Crippen molar-refractivity contribution in [2.45, 2.75) is 57.6 Å². The van der Waals surface area contributed by atoms with E-state index in [1.165, 1.54) is 18.3 Å². The van der Waals surface area contributed by atoms with Gasteiger partial charge in [0.25, 0.3) is 5.91 Å². The van der Waals surface area contributed by atoms with Crippen molar-refractivity contribution in [3.05, 3.63) is 53.1 Å². The van der Waals surface area contributed by atoms with Crippen molar-refractivity contribution in [1.82, 2.24) is 4.31 Å². The van der Waals surface area contributed by atoms with Crippen LogP contribution >= 0.6 is 0 Å². The molecule has 33 heavy (non-hydrogen) atoms. The summed E-state index contributed by atoms with van der Waals surface area (Å²) >= 11 is 0. The van der Waals surface area contributed by atoms with Gasteiger partial charge < -0.3 is 14.8 Å². The van der Waals surface area contributed by atoms with Gasteiger partial charge in [-0.05, 0) is 63.8 Å². The maximum absolute atomic E-state index is 13.5. The SMILES string of the molecule is COc1ccccc1NC(=O)C(C)OC(=O)C1CCCN1S(=O)(=O)c1c(C)cc(C)cc1C. The summed E-state index contributed by atoms with van der Waals surface area (Å²) in [7, 11) is -2.42. The highest BCUT2D eigenvalue weighted by Gasteiger charge is 2.42. The molecule has 0 spiro atoms. The van der Waals surface area contributed by atoms with Gasteiger partial charge in [-0.3, -0.25) is 9.59 Å². The third-order valence-electron chi connectivity index (χ3n) is 5.67. The van der Waals surface area contributed by atoms with Gasteiger partial charge in [-0.1, -0.05) is 29.8 Å². The zero-order valence-corrected chi connectivity index (χ0v) is 20.4. The number of hydrogen-bond acceptors (Lipinski definition) is 6. The van der Waals surface area contributed by atoms with Crippen molar-refractivity contribution in [3.8, 4) is 5.75 Å². The number of nitrogens with one attached hydrogen (secondary N) is 1. The fourth-order valence-electron chi connectivity index (χ4n) is 4.24. The van der Waals surface area contributed by atoms with Gasteiger partial charge in [0.05, 0.1) is 17.7 Å². The van der Waals surface area contributed by atoms with Gasteiger partial charge in [0, 0.05) is 6.54 Å². The molecule has 1 heterocycles. The van der Waals surface area contributed by atoms with E-state index in [0.29, 0.717) is 35.4 Å². The minimum Gasteiger partial charge on any atom is -0.495 e. The molecule has 1 fully saturated rings. The van der Waals surface area contributed by atoms with E-state index in [4.69, 9.17) is 9.47 Å². The highest BCUT2D eigenvalue weighted by molar-refractivity contribution is 7.89. The van der Waals surface area contributed by atoms with E-state index < -0.39 is 34.0 Å². The molecule has 2 aromatic carbocycles. The average molecular weight is 475 g/mol. The lowest BCUT2D eigenvalue weighted by Crippen LogP contribution is -2.43. The van der Waals surface area contributed by atoms with Crippen molar-refractivity contribution in [1.29, 1.82) is 0 Å². The van der Waals surface area contributed by atoms with Crippen LogP contribution in [0.3, 0.4) is 0 Å². The topological polar surface area (TPSA) is 102 Å². The molecule has 3 rings (SSSR count). The number of para-hydroxylation sites is 2. The van der Waals surface area contributed by atoms with Crippen LogP contribution in [0.4, 0.5) is 5.69 Å². The number of ether oxygens (including phenoxy) is 2. The Morgan fingerprint density at radius 3 is 2.39 bits per heavy atom. The second-order valence-electron chi connectivity index (χ2n) is 8.27. The lowest BCUT2D eigenvalue weighted by molar-refractivity contribution is -0.156. The van der Waals surface area contributed by atoms with Gasteiger partial charge in [-0.25, -0.2) is 8.42 Å². The van der Waals surface area contributed by atoms with Crippen molar-refractivity contribution in [3.63, 3.8) is 0 Å². The Bertz CT molecular complexity index is 1140. The molecule has 0 aromatic heterocycles. The van der Waals surface area contributed by atoms with Crippen LogP contribution < -0.4 is 10.1 Å². The first-order valence-electron chi connectivity index (χ1n) is 10.8. The number of anilines is 1. The molecule has 1 N–H and O–H groups in total. The van der Waals surface area contributed by atoms with Crippen molar-refractivity contribution < 1.29 is 27.5 Å². The van der Waals surface area contributed by atoms with Crippen LogP contribution in [0, 0.1) is 20.8 Å². The molecule has 9 heteroatoms. The molecule has 0 radical (unpaired) electrons. The van der Waals surface area contributed by atoms with Crippen LogP contribution in [0.15, 0.2) is 41.3 Å². The van der Waals surface area contributed by atoms with E-state index in [9.17, 15) is 18.0 Å². The summed E-state index contributed by atoms with van der Waals surface area (Å²) in [6.07, 6.45) is -0.247. The molecule has 2 atom stereocenters. The van der Waals surface area contributed by atoms with Crippen LogP contribution in [-0.2, 0) is 24.3 Å². The Balaban J connectivity index is 1.75. The molecule has 2 unspecified atom stereocenters. The van der Waals surface area contributed by atoms with Gasteiger partial charge in [-0.2, -0.15) is 4.31 Å². The molecule has 2 aromatic rings. The van der Waals surface area contributed by atoms with E-state index in [2.05, 4.69) is 5.32 Å². The summed E-state index contributed by atoms with van der Waals surface area (Å²) in [4.78, 5) is 25.7. The summed E-state index contributed by atoms with van der Waals surface area (Å²) in [6.45, 7) is 7.08. The van der Waals surface area contributed by atoms with Crippen LogP contribution in [0.25, 0.3) is 0 Å². The monoisotopic (exact) mass is 474 g/mol. The summed E-state index contributed by atoms with van der Waals surface area (Å²) in [5.74, 6) is -0.798. The maximum Gasteiger partial charge on any atom is 0.325 e. The zero-order chi connectivity index (χ0) is 24.3. The second kappa shape index (κ2) is 9.93. The van der Waals surface area contributed by atoms with E-state index in [-0.39, 0.29) is 11.4 Å². The lowest BCUT2D eigenvalue weighted by atomic mass is 10.1. The third-order valence-corrected chi connectivity index (χ3v) is 7.89. The number of hydrogen-bond donors (Lipinski definition) is 1. The minimum absolute atomic E-state index is 0.217. The van der Waals surface area contributed by atoms with E-state index in [0.717, 1.165) is 5.56 Å². The smallest absolute Gasteiger partial charge is 0.325 e. The van der Waals surface area contributed by atoms with E-state index in [1.807, 2.05) is 19.1 Å². The number of esters is 1. The minimum atomic E-state index is -3.91. The zero-order valence-electron chi connectivity index (χ0n) is 19.5. The maximum atomic E-state index is 13.5. The predicted octanol–water partition coefficient (Wildman–Crippen LogP) is 3.34. The first-order chi connectivity index (χ1) is 15.6. The van der Waals surface area contributed by atoms with Crippen molar-refractivity contribution >= 4 is 27.6 Å². The molecule has 1 aliphatic rings. The van der Waals surface area contributed by atoms with Crippen LogP contribution in [0.2, 0.25) is 0 Å². The fraction of sp³-hybridized carbons (Fsp3) is 0.417. The molecule has 8 nitrogen and oxygen atoms in total. The van der Waals surface area contributed by atoms with Gasteiger partial charge in [-0.15, -0.1) is 0 Å². The Hall–Kier alpha value is -2.91. The summed E-state index contributed by atoms with van der Waals surface area (Å²) < 4.78 is 38.7. The number of aryl methyl sites for hydroxylation is 3. The molecule has 1 saturated heterocycles. The van der Waals surface area contributed by atoms with E-state index >= 15 is 0 Å². The Kier molecular flexibility index (Phi) is 7.44. The highest BCUT2D eigenvalue weighted by Crippen LogP contribution is 2.31. The number of benzene rings is 2. The van der Waals surface area contributed by atoms with Gasteiger partial charge in [0.15, 0.2) is 6.10 Å². The number of carbonyl (C=O) groups is 2. The molecular weight excluding hydrogens is 444 g/mol. The number of sulfonamides is 1. The summed E-state index contributed by atoms with van der Waals surface area (Å²) in [5, 5.41) is 2.67. The van der Waals surface area contributed by atoms with Gasteiger partial charge >= 0.3 is 5.97 Å². The van der Waals surface area contributed by atoms with Gasteiger partial charge in [0.1, 0.15) is 11.8 Å². The van der Waals surface area contributed by atoms with Crippen LogP contribution in [-0.4, -0.2) is 50.4 Å². The predicted molar refractivity (Wildman–Crippen MR) is 125 cm³/mol. The molecule has 1 amide bonds. The van der Waals surface area contributed by atoms with Crippen molar-refractivity contribution in [2.75, 3.05) is 19.0 Å². The molecule has 178 valence electrons. The van der Waals surface area contributed by atoms with Crippen LogP contribution in [0.1, 0.15) is 36.5 Å². The molecule has 0 saturated carbocycles. The van der Waals surface area contributed by atoms with Gasteiger partial charge in [0.2, 0.25) is 10.0 Å². The van der Waals surface area contributed by atoms with Crippen molar-refractivity contribution in [2.24, 2.45) is 0 Å². The molecule has 0 bridgehead atoms. The molecular formula is C24H30N2O6S. The second-order valence-corrected chi connectivity index (χ2v) is 10.1. The molecule has 1 aliphatic heterocycles. The number of amides is 1.